The van der Waals surface area contributed by atoms with E-state index in [1.54, 1.807) is 17.0 Å². The number of nitrogens with zero attached hydrogens (tertiary/aromatic N) is 1. The summed E-state index contributed by atoms with van der Waals surface area (Å²) in [5.74, 6) is -1.08. The lowest BCUT2D eigenvalue weighted by molar-refractivity contribution is -0.134. The number of carbonyl (C=O) groups is 4. The van der Waals surface area contributed by atoms with Crippen molar-refractivity contribution in [3.8, 4) is 0 Å². The summed E-state index contributed by atoms with van der Waals surface area (Å²) in [6, 6.07) is 11.2. The van der Waals surface area contributed by atoms with Crippen molar-refractivity contribution in [3.05, 3.63) is 59.2 Å². The van der Waals surface area contributed by atoms with Crippen LogP contribution in [0, 0.1) is 11.8 Å². The van der Waals surface area contributed by atoms with Gasteiger partial charge in [-0.05, 0) is 73.3 Å². The Morgan fingerprint density at radius 3 is 2.16 bits per heavy atom. The number of carbonyl (C=O) groups excluding carboxylic acids is 4. The number of amides is 4. The number of ether oxygens (including phenoxy) is 2. The first-order valence-electron chi connectivity index (χ1n) is 15.6. The molecule has 4 atom stereocenters. The highest BCUT2D eigenvalue weighted by Gasteiger charge is 2.34. The molecule has 3 N–H and O–H groups in total. The summed E-state index contributed by atoms with van der Waals surface area (Å²) in [6.07, 6.45) is 2.40. The quantitative estimate of drug-likeness (QED) is 0.355. The summed E-state index contributed by atoms with van der Waals surface area (Å²) in [6.45, 7) is 9.91. The maximum Gasteiger partial charge on any atom is 0.252 e. The van der Waals surface area contributed by atoms with Gasteiger partial charge in [-0.25, -0.2) is 0 Å². The van der Waals surface area contributed by atoms with E-state index in [9.17, 15) is 19.2 Å². The molecule has 2 aromatic rings. The topological polar surface area (TPSA) is 126 Å². The van der Waals surface area contributed by atoms with E-state index in [4.69, 9.17) is 9.47 Å². The largest absolute Gasteiger partial charge is 0.354 e. The van der Waals surface area contributed by atoms with Crippen molar-refractivity contribution in [1.82, 2.24) is 16.0 Å². The summed E-state index contributed by atoms with van der Waals surface area (Å²) in [5.41, 5.74) is 3.86. The lowest BCUT2D eigenvalue weighted by Gasteiger charge is -2.27. The number of hydrogen-bond donors (Lipinski definition) is 3. The summed E-state index contributed by atoms with van der Waals surface area (Å²) in [4.78, 5) is 55.1. The number of benzene rings is 2. The predicted octanol–water partition coefficient (Wildman–Crippen LogP) is 4.02. The highest BCUT2D eigenvalue weighted by Crippen LogP contribution is 2.36. The predicted molar refractivity (Wildman–Crippen MR) is 169 cm³/mol. The molecule has 2 aliphatic rings. The zero-order valence-corrected chi connectivity index (χ0v) is 26.6. The standard InChI is InChI=1S/C34H46N4O6/c1-20(2)17-27(33(42)37-28(18-21(3)4)32(41)35-26-15-16-44-34(26)43-6)36-31(40)25-14-13-24-12-11-23-9-7-8-10-29(23)38(22(5)39)30(24)19-25/h7-10,13-14,19-21,26-28,34H,11-12,15-18H2,1-6H3,(H,35,41)(H,36,40)(H,37,42)/t26-,27-,28-,34?/m0/s1. The summed E-state index contributed by atoms with van der Waals surface area (Å²) in [5, 5.41) is 8.79. The highest BCUT2D eigenvalue weighted by atomic mass is 16.7. The summed E-state index contributed by atoms with van der Waals surface area (Å²) < 4.78 is 10.8. The Bertz CT molecular complexity index is 1360. The first-order valence-corrected chi connectivity index (χ1v) is 15.6. The fourth-order valence-corrected chi connectivity index (χ4v) is 5.94. The molecule has 4 rings (SSSR count). The van der Waals surface area contributed by atoms with Gasteiger partial charge in [-0.1, -0.05) is 52.0 Å². The van der Waals surface area contributed by atoms with Crippen LogP contribution in [0.15, 0.2) is 42.5 Å². The van der Waals surface area contributed by atoms with Crippen LogP contribution in [0.25, 0.3) is 0 Å². The minimum absolute atomic E-state index is 0.0956. The SMILES string of the molecule is COC1OCC[C@@H]1NC(=O)[C@H](CC(C)C)NC(=O)[C@H](CC(C)C)NC(=O)c1ccc2c(c1)N(C(C)=O)c1ccccc1CC2. The van der Waals surface area contributed by atoms with E-state index >= 15 is 0 Å². The van der Waals surface area contributed by atoms with Crippen LogP contribution in [0.5, 0.6) is 0 Å². The minimum Gasteiger partial charge on any atom is -0.354 e. The van der Waals surface area contributed by atoms with E-state index in [-0.39, 0.29) is 29.7 Å². The lowest BCUT2D eigenvalue weighted by Crippen LogP contribution is -2.56. The van der Waals surface area contributed by atoms with Crippen LogP contribution in [0.3, 0.4) is 0 Å². The molecule has 1 saturated heterocycles. The second kappa shape index (κ2) is 14.8. The molecule has 2 heterocycles. The second-order valence-corrected chi connectivity index (χ2v) is 12.6. The average Bonchev–Trinajstić information content (AvgIpc) is 3.35. The van der Waals surface area contributed by atoms with Crippen molar-refractivity contribution in [3.63, 3.8) is 0 Å². The lowest BCUT2D eigenvalue weighted by atomic mass is 9.99. The molecule has 0 bridgehead atoms. The smallest absolute Gasteiger partial charge is 0.252 e. The maximum atomic E-state index is 13.6. The normalized spacial score (nSPS) is 19.0. The number of para-hydroxylation sites is 1. The molecule has 238 valence electrons. The van der Waals surface area contributed by atoms with Crippen molar-refractivity contribution in [2.24, 2.45) is 11.8 Å². The zero-order valence-electron chi connectivity index (χ0n) is 26.6. The van der Waals surface area contributed by atoms with Gasteiger partial charge in [0.2, 0.25) is 17.7 Å². The molecule has 0 aliphatic carbocycles. The molecule has 0 saturated carbocycles. The first-order chi connectivity index (χ1) is 21.0. The zero-order chi connectivity index (χ0) is 32.0. The molecule has 10 nitrogen and oxygen atoms in total. The Kier molecular flexibility index (Phi) is 11.2. The van der Waals surface area contributed by atoms with E-state index < -0.39 is 30.2 Å². The van der Waals surface area contributed by atoms with Gasteiger partial charge in [0.1, 0.15) is 12.1 Å². The minimum atomic E-state index is -0.866. The van der Waals surface area contributed by atoms with Crippen LogP contribution in [-0.4, -0.2) is 61.8 Å². The molecule has 1 unspecified atom stereocenters. The van der Waals surface area contributed by atoms with Gasteiger partial charge in [0.25, 0.3) is 5.91 Å². The van der Waals surface area contributed by atoms with Crippen molar-refractivity contribution in [1.29, 1.82) is 0 Å². The number of anilines is 2. The van der Waals surface area contributed by atoms with Crippen LogP contribution >= 0.6 is 0 Å². The third-order valence-corrected chi connectivity index (χ3v) is 8.07. The molecule has 10 heteroatoms. The Morgan fingerprint density at radius 2 is 1.52 bits per heavy atom. The molecule has 2 aliphatic heterocycles. The average molecular weight is 607 g/mol. The van der Waals surface area contributed by atoms with Gasteiger partial charge in [-0.3, -0.25) is 24.1 Å². The maximum absolute atomic E-state index is 13.6. The Morgan fingerprint density at radius 1 is 0.886 bits per heavy atom. The molecule has 4 amide bonds. The van der Waals surface area contributed by atoms with Crippen LogP contribution < -0.4 is 20.9 Å². The third kappa shape index (κ3) is 8.04. The number of aryl methyl sites for hydroxylation is 2. The summed E-state index contributed by atoms with van der Waals surface area (Å²) in [7, 11) is 1.53. The Labute approximate surface area is 260 Å². The Hall–Kier alpha value is -3.76. The molecule has 0 radical (unpaired) electrons. The third-order valence-electron chi connectivity index (χ3n) is 8.07. The van der Waals surface area contributed by atoms with Crippen molar-refractivity contribution in [2.45, 2.75) is 91.1 Å². The van der Waals surface area contributed by atoms with E-state index in [0.29, 0.717) is 37.1 Å². The van der Waals surface area contributed by atoms with Gasteiger partial charge in [0, 0.05) is 19.6 Å². The van der Waals surface area contributed by atoms with Gasteiger partial charge in [-0.2, -0.15) is 0 Å². The molecule has 44 heavy (non-hydrogen) atoms. The van der Waals surface area contributed by atoms with Crippen LogP contribution in [-0.2, 0) is 36.7 Å². The highest BCUT2D eigenvalue weighted by molar-refractivity contribution is 6.04. The van der Waals surface area contributed by atoms with E-state index in [1.165, 1.54) is 14.0 Å². The van der Waals surface area contributed by atoms with Crippen molar-refractivity contribution < 1.29 is 28.7 Å². The van der Waals surface area contributed by atoms with E-state index in [0.717, 1.165) is 29.7 Å². The molecule has 0 spiro atoms. The number of methoxy groups -OCH3 is 1. The van der Waals surface area contributed by atoms with Gasteiger partial charge < -0.3 is 25.4 Å². The van der Waals surface area contributed by atoms with Gasteiger partial charge in [-0.15, -0.1) is 0 Å². The van der Waals surface area contributed by atoms with E-state index in [2.05, 4.69) is 16.0 Å². The fourth-order valence-electron chi connectivity index (χ4n) is 5.94. The van der Waals surface area contributed by atoms with E-state index in [1.807, 2.05) is 58.0 Å². The van der Waals surface area contributed by atoms with Crippen LogP contribution in [0.4, 0.5) is 11.4 Å². The van der Waals surface area contributed by atoms with Gasteiger partial charge >= 0.3 is 0 Å². The molecule has 0 aromatic heterocycles. The van der Waals surface area contributed by atoms with Gasteiger partial charge in [0.05, 0.1) is 24.0 Å². The van der Waals surface area contributed by atoms with Crippen LogP contribution in [0.1, 0.15) is 75.4 Å². The monoisotopic (exact) mass is 606 g/mol. The molecular formula is C34H46N4O6. The molecule has 1 fully saturated rings. The number of nitrogens with one attached hydrogen (secondary N) is 3. The first kappa shape index (κ1) is 33.1. The molecule has 2 aromatic carbocycles. The van der Waals surface area contributed by atoms with Gasteiger partial charge in [0.15, 0.2) is 6.29 Å². The molecular weight excluding hydrogens is 560 g/mol. The summed E-state index contributed by atoms with van der Waals surface area (Å²) >= 11 is 0. The Balaban J connectivity index is 1.53. The number of rotatable bonds is 11. The van der Waals surface area contributed by atoms with Crippen molar-refractivity contribution in [2.75, 3.05) is 18.6 Å². The van der Waals surface area contributed by atoms with Crippen LogP contribution in [0.2, 0.25) is 0 Å². The number of fused-ring (bicyclic) bond motifs is 2. The number of hydrogen-bond acceptors (Lipinski definition) is 6. The van der Waals surface area contributed by atoms with Crippen molar-refractivity contribution >= 4 is 35.0 Å². The second-order valence-electron chi connectivity index (χ2n) is 12.6. The fraction of sp³-hybridized carbons (Fsp3) is 0.529.